The average molecular weight is 470 g/mol. The van der Waals surface area contributed by atoms with Crippen LogP contribution in [0.15, 0.2) is 50.2 Å². The van der Waals surface area contributed by atoms with Gasteiger partial charge in [-0.15, -0.1) is 27.8 Å². The molecule has 166 valence electrons. The molecule has 1 aliphatic rings. The Balaban J connectivity index is 1.43. The molecule has 8 nitrogen and oxygen atoms in total. The van der Waals surface area contributed by atoms with E-state index in [4.69, 9.17) is 0 Å². The van der Waals surface area contributed by atoms with Crippen LogP contribution in [-0.4, -0.2) is 31.2 Å². The molecule has 5 rings (SSSR count). The maximum atomic E-state index is 13.1. The van der Waals surface area contributed by atoms with Gasteiger partial charge in [0.25, 0.3) is 5.56 Å². The van der Waals surface area contributed by atoms with Crippen molar-refractivity contribution in [1.82, 2.24) is 24.1 Å². The summed E-state index contributed by atoms with van der Waals surface area (Å²) in [5, 5.41) is 11.0. The first-order chi connectivity index (χ1) is 15.6. The number of thiophene rings is 2. The molecule has 0 bridgehead atoms. The number of nitrogens with one attached hydrogen (secondary N) is 1. The van der Waals surface area contributed by atoms with E-state index in [1.165, 1.54) is 50.1 Å². The van der Waals surface area contributed by atoms with E-state index in [0.29, 0.717) is 23.3 Å². The maximum absolute atomic E-state index is 13.1. The van der Waals surface area contributed by atoms with Crippen LogP contribution in [0.4, 0.5) is 0 Å². The fraction of sp³-hybridized carbons (Fsp3) is 0.364. The molecule has 0 fully saturated rings. The zero-order valence-electron chi connectivity index (χ0n) is 17.5. The number of hydrogen-bond donors (Lipinski definition) is 1. The van der Waals surface area contributed by atoms with Gasteiger partial charge < -0.3 is 5.32 Å². The SMILES string of the molecule is O=C(Cn1nc2n(Cc3cccs3)c(=O)c3sccc3n2c1=O)NCCC1=CCCCC1. The first-order valence-corrected chi connectivity index (χ1v) is 12.4. The van der Waals surface area contributed by atoms with Gasteiger partial charge in [-0.3, -0.25) is 14.2 Å². The number of amides is 1. The summed E-state index contributed by atoms with van der Waals surface area (Å²) in [5.41, 5.74) is 1.31. The Morgan fingerprint density at radius 3 is 2.84 bits per heavy atom. The normalized spacial score (nSPS) is 14.2. The maximum Gasteiger partial charge on any atom is 0.352 e. The molecule has 4 heterocycles. The van der Waals surface area contributed by atoms with Gasteiger partial charge in [-0.2, -0.15) is 0 Å². The Morgan fingerprint density at radius 2 is 2.06 bits per heavy atom. The Hall–Kier alpha value is -2.98. The van der Waals surface area contributed by atoms with Crippen LogP contribution in [0, 0.1) is 0 Å². The summed E-state index contributed by atoms with van der Waals surface area (Å²) in [7, 11) is 0. The Morgan fingerprint density at radius 1 is 1.16 bits per heavy atom. The predicted molar refractivity (Wildman–Crippen MR) is 127 cm³/mol. The van der Waals surface area contributed by atoms with Crippen molar-refractivity contribution in [2.75, 3.05) is 6.54 Å². The van der Waals surface area contributed by atoms with Crippen LogP contribution in [0.2, 0.25) is 0 Å². The minimum absolute atomic E-state index is 0.182. The number of fused-ring (bicyclic) bond motifs is 3. The highest BCUT2D eigenvalue weighted by molar-refractivity contribution is 7.17. The van der Waals surface area contributed by atoms with Gasteiger partial charge >= 0.3 is 5.69 Å². The molecule has 10 heteroatoms. The van der Waals surface area contributed by atoms with Crippen LogP contribution in [-0.2, 0) is 17.9 Å². The molecule has 1 aliphatic carbocycles. The summed E-state index contributed by atoms with van der Waals surface area (Å²) < 4.78 is 4.59. The van der Waals surface area contributed by atoms with Crippen molar-refractivity contribution >= 4 is 44.6 Å². The summed E-state index contributed by atoms with van der Waals surface area (Å²) in [5.74, 6) is -0.0138. The highest BCUT2D eigenvalue weighted by Crippen LogP contribution is 2.20. The third-order valence-electron chi connectivity index (χ3n) is 5.73. The molecule has 0 aromatic carbocycles. The van der Waals surface area contributed by atoms with Crippen molar-refractivity contribution in [1.29, 1.82) is 0 Å². The van der Waals surface area contributed by atoms with Crippen LogP contribution in [0.5, 0.6) is 0 Å². The largest absolute Gasteiger partial charge is 0.354 e. The highest BCUT2D eigenvalue weighted by Gasteiger charge is 2.19. The summed E-state index contributed by atoms with van der Waals surface area (Å²) in [6.07, 6.45) is 7.76. The van der Waals surface area contributed by atoms with Gasteiger partial charge in [0.2, 0.25) is 11.7 Å². The minimum atomic E-state index is -0.423. The molecule has 0 unspecified atom stereocenters. The molecule has 4 aromatic rings. The smallest absolute Gasteiger partial charge is 0.352 e. The van der Waals surface area contributed by atoms with Crippen LogP contribution >= 0.6 is 22.7 Å². The van der Waals surface area contributed by atoms with Gasteiger partial charge in [-0.05, 0) is 55.0 Å². The molecule has 0 spiro atoms. The number of aromatic nitrogens is 4. The van der Waals surface area contributed by atoms with Gasteiger partial charge in [0.05, 0.1) is 12.1 Å². The van der Waals surface area contributed by atoms with Gasteiger partial charge in [0, 0.05) is 11.4 Å². The molecule has 32 heavy (non-hydrogen) atoms. The van der Waals surface area contributed by atoms with Crippen molar-refractivity contribution in [3.05, 3.63) is 66.3 Å². The number of carbonyl (C=O) groups excluding carboxylic acids is 1. The second-order valence-electron chi connectivity index (χ2n) is 7.89. The third kappa shape index (κ3) is 3.95. The predicted octanol–water partition coefficient (Wildman–Crippen LogP) is 2.99. The van der Waals surface area contributed by atoms with E-state index in [1.807, 2.05) is 17.5 Å². The van der Waals surface area contributed by atoms with Gasteiger partial charge in [0.1, 0.15) is 11.2 Å². The second kappa shape index (κ2) is 8.87. The van der Waals surface area contributed by atoms with Crippen molar-refractivity contribution in [3.63, 3.8) is 0 Å². The molecule has 1 amide bonds. The van der Waals surface area contributed by atoms with E-state index in [9.17, 15) is 14.4 Å². The molecule has 0 saturated carbocycles. The lowest BCUT2D eigenvalue weighted by molar-refractivity contribution is -0.121. The van der Waals surface area contributed by atoms with Gasteiger partial charge in [-0.25, -0.2) is 13.9 Å². The molecular weight excluding hydrogens is 446 g/mol. The van der Waals surface area contributed by atoms with E-state index >= 15 is 0 Å². The van der Waals surface area contributed by atoms with Crippen LogP contribution < -0.4 is 16.6 Å². The van der Waals surface area contributed by atoms with Gasteiger partial charge in [0.15, 0.2) is 0 Å². The van der Waals surface area contributed by atoms with E-state index in [2.05, 4.69) is 16.5 Å². The van der Waals surface area contributed by atoms with E-state index < -0.39 is 5.69 Å². The lowest BCUT2D eigenvalue weighted by Gasteiger charge is -2.12. The highest BCUT2D eigenvalue weighted by atomic mass is 32.1. The average Bonchev–Trinajstić information content (AvgIpc) is 3.53. The van der Waals surface area contributed by atoms with Gasteiger partial charge in [-0.1, -0.05) is 17.7 Å². The quantitative estimate of drug-likeness (QED) is 0.421. The van der Waals surface area contributed by atoms with Crippen molar-refractivity contribution in [2.24, 2.45) is 0 Å². The Kier molecular flexibility index (Phi) is 5.79. The molecule has 0 atom stereocenters. The fourth-order valence-electron chi connectivity index (χ4n) is 4.12. The van der Waals surface area contributed by atoms with Crippen LogP contribution in [0.25, 0.3) is 16.0 Å². The number of allylic oxidation sites excluding steroid dienone is 1. The molecular formula is C22H23N5O3S2. The van der Waals surface area contributed by atoms with Crippen LogP contribution in [0.3, 0.4) is 0 Å². The zero-order valence-corrected chi connectivity index (χ0v) is 19.1. The monoisotopic (exact) mass is 469 g/mol. The topological polar surface area (TPSA) is 90.4 Å². The van der Waals surface area contributed by atoms with Crippen molar-refractivity contribution in [2.45, 2.75) is 45.2 Å². The first-order valence-electron chi connectivity index (χ1n) is 10.7. The third-order valence-corrected chi connectivity index (χ3v) is 7.48. The summed E-state index contributed by atoms with van der Waals surface area (Å²) in [6.45, 7) is 0.689. The molecule has 4 aromatic heterocycles. The van der Waals surface area contributed by atoms with E-state index in [1.54, 1.807) is 11.4 Å². The van der Waals surface area contributed by atoms with E-state index in [0.717, 1.165) is 28.8 Å². The molecule has 1 N–H and O–H groups in total. The Bertz CT molecular complexity index is 1420. The first kappa shape index (κ1) is 20.9. The minimum Gasteiger partial charge on any atom is -0.354 e. The molecule has 0 saturated heterocycles. The number of hydrogen-bond acceptors (Lipinski definition) is 6. The second-order valence-corrected chi connectivity index (χ2v) is 9.84. The van der Waals surface area contributed by atoms with Crippen molar-refractivity contribution in [3.8, 4) is 0 Å². The fourth-order valence-corrected chi connectivity index (χ4v) is 5.64. The van der Waals surface area contributed by atoms with Crippen LogP contribution in [0.1, 0.15) is 37.0 Å². The van der Waals surface area contributed by atoms with E-state index in [-0.39, 0.29) is 23.8 Å². The summed E-state index contributed by atoms with van der Waals surface area (Å²) >= 11 is 2.84. The summed E-state index contributed by atoms with van der Waals surface area (Å²) in [4.78, 5) is 39.7. The number of rotatable bonds is 7. The molecule has 0 aliphatic heterocycles. The zero-order chi connectivity index (χ0) is 22.1. The Labute approximate surface area is 191 Å². The lowest BCUT2D eigenvalue weighted by Crippen LogP contribution is -2.33. The number of nitrogens with zero attached hydrogens (tertiary/aromatic N) is 4. The summed E-state index contributed by atoms with van der Waals surface area (Å²) in [6, 6.07) is 5.61. The standard InChI is InChI=1S/C22H23N5O3S2/c28-18(23-10-8-15-5-2-1-3-6-15)14-26-22(30)27-17-9-12-32-19(17)20(29)25(21(27)24-26)13-16-7-4-11-31-16/h4-5,7,9,11-12H,1-3,6,8,10,13-14H2,(H,23,28). The number of carbonyl (C=O) groups is 1. The lowest BCUT2D eigenvalue weighted by atomic mass is 9.97. The van der Waals surface area contributed by atoms with Crippen molar-refractivity contribution < 1.29 is 4.79 Å². The molecule has 0 radical (unpaired) electrons.